The van der Waals surface area contributed by atoms with Crippen LogP contribution in [0.3, 0.4) is 0 Å². The SMILES string of the molecule is CC(c1ccc(-c2ccccc2)c(F)c1)c1noc(C/N=C(\N)N2CCCCC2)c1C(=O)O. The van der Waals surface area contributed by atoms with Gasteiger partial charge < -0.3 is 20.3 Å². The molecule has 8 heteroatoms. The van der Waals surface area contributed by atoms with E-state index in [0.717, 1.165) is 31.5 Å². The van der Waals surface area contributed by atoms with Gasteiger partial charge in [-0.3, -0.25) is 0 Å². The molecule has 3 N–H and O–H groups in total. The second-order valence-electron chi connectivity index (χ2n) is 8.22. The van der Waals surface area contributed by atoms with Gasteiger partial charge in [0.1, 0.15) is 23.6 Å². The molecular weight excluding hydrogens is 423 g/mol. The number of halogens is 1. The van der Waals surface area contributed by atoms with Gasteiger partial charge in [-0.2, -0.15) is 0 Å². The fourth-order valence-electron chi connectivity index (χ4n) is 4.16. The Labute approximate surface area is 191 Å². The number of nitrogens with zero attached hydrogens (tertiary/aromatic N) is 3. The zero-order chi connectivity index (χ0) is 23.4. The largest absolute Gasteiger partial charge is 0.477 e. The second-order valence-corrected chi connectivity index (χ2v) is 8.22. The molecule has 3 aromatic rings. The third kappa shape index (κ3) is 4.89. The molecule has 0 amide bonds. The molecule has 0 saturated carbocycles. The van der Waals surface area contributed by atoms with Crippen molar-refractivity contribution < 1.29 is 18.8 Å². The number of aliphatic imine (C=N–C) groups is 1. The number of aromatic carboxylic acids is 1. The average Bonchev–Trinajstić information content (AvgIpc) is 3.27. The third-order valence-electron chi connectivity index (χ3n) is 6.06. The number of nitrogens with two attached hydrogens (primary N) is 1. The minimum absolute atomic E-state index is 0.0228. The van der Waals surface area contributed by atoms with Crippen molar-refractivity contribution in [2.75, 3.05) is 13.1 Å². The normalized spacial score (nSPS) is 15.5. The fourth-order valence-corrected chi connectivity index (χ4v) is 4.16. The number of benzene rings is 2. The van der Waals surface area contributed by atoms with Gasteiger partial charge in [-0.1, -0.05) is 54.5 Å². The number of piperidine rings is 1. The lowest BCUT2D eigenvalue weighted by atomic mass is 9.92. The molecule has 2 heterocycles. The van der Waals surface area contributed by atoms with Crippen molar-refractivity contribution in [1.82, 2.24) is 10.1 Å². The molecule has 0 bridgehead atoms. The molecule has 1 aliphatic heterocycles. The Morgan fingerprint density at radius 1 is 1.21 bits per heavy atom. The van der Waals surface area contributed by atoms with E-state index >= 15 is 0 Å². The van der Waals surface area contributed by atoms with Crippen molar-refractivity contribution in [3.05, 3.63) is 76.9 Å². The fraction of sp³-hybridized carbons (Fsp3) is 0.320. The molecule has 1 unspecified atom stereocenters. The highest BCUT2D eigenvalue weighted by atomic mass is 19.1. The Morgan fingerprint density at radius 2 is 1.94 bits per heavy atom. The number of carbonyl (C=O) groups is 1. The van der Waals surface area contributed by atoms with E-state index in [9.17, 15) is 14.3 Å². The van der Waals surface area contributed by atoms with Crippen molar-refractivity contribution >= 4 is 11.9 Å². The summed E-state index contributed by atoms with van der Waals surface area (Å²) < 4.78 is 20.2. The number of carboxylic acid groups (broad SMARTS) is 1. The second kappa shape index (κ2) is 9.85. The molecular formula is C25H27FN4O3. The number of guanidine groups is 1. The smallest absolute Gasteiger partial charge is 0.341 e. The van der Waals surface area contributed by atoms with Crippen LogP contribution in [0.5, 0.6) is 0 Å². The van der Waals surface area contributed by atoms with E-state index in [1.165, 1.54) is 12.5 Å². The van der Waals surface area contributed by atoms with Gasteiger partial charge in [0, 0.05) is 24.6 Å². The van der Waals surface area contributed by atoms with Crippen LogP contribution in [0.25, 0.3) is 11.1 Å². The topological polar surface area (TPSA) is 105 Å². The minimum atomic E-state index is -1.17. The lowest BCUT2D eigenvalue weighted by Crippen LogP contribution is -2.40. The Hall–Kier alpha value is -3.68. The van der Waals surface area contributed by atoms with Crippen molar-refractivity contribution in [1.29, 1.82) is 0 Å². The van der Waals surface area contributed by atoms with Crippen molar-refractivity contribution in [2.24, 2.45) is 10.7 Å². The van der Waals surface area contributed by atoms with Gasteiger partial charge in [0.25, 0.3) is 0 Å². The van der Waals surface area contributed by atoms with Crippen molar-refractivity contribution in [3.63, 3.8) is 0 Å². The van der Waals surface area contributed by atoms with Crippen molar-refractivity contribution in [2.45, 2.75) is 38.6 Å². The van der Waals surface area contributed by atoms with Crippen LogP contribution in [-0.2, 0) is 6.54 Å². The van der Waals surface area contributed by atoms with Gasteiger partial charge in [-0.25, -0.2) is 14.2 Å². The highest BCUT2D eigenvalue weighted by Crippen LogP contribution is 2.32. The van der Waals surface area contributed by atoms with Crippen LogP contribution in [0.2, 0.25) is 0 Å². The lowest BCUT2D eigenvalue weighted by molar-refractivity contribution is 0.0693. The zero-order valence-electron chi connectivity index (χ0n) is 18.5. The Balaban J connectivity index is 1.58. The van der Waals surface area contributed by atoms with E-state index < -0.39 is 11.9 Å². The van der Waals surface area contributed by atoms with Crippen LogP contribution in [-0.4, -0.2) is 40.2 Å². The molecule has 0 radical (unpaired) electrons. The number of likely N-dealkylation sites (tertiary alicyclic amines) is 1. The predicted molar refractivity (Wildman–Crippen MR) is 124 cm³/mol. The molecule has 4 rings (SSSR count). The maximum Gasteiger partial charge on any atom is 0.341 e. The number of carboxylic acids is 1. The summed E-state index contributed by atoms with van der Waals surface area (Å²) in [4.78, 5) is 18.3. The molecule has 33 heavy (non-hydrogen) atoms. The van der Waals surface area contributed by atoms with Gasteiger partial charge in [0.15, 0.2) is 11.7 Å². The Morgan fingerprint density at radius 3 is 2.61 bits per heavy atom. The molecule has 1 atom stereocenters. The summed E-state index contributed by atoms with van der Waals surface area (Å²) in [6, 6.07) is 14.1. The summed E-state index contributed by atoms with van der Waals surface area (Å²) in [5, 5.41) is 13.8. The van der Waals surface area contributed by atoms with Gasteiger partial charge in [-0.05, 0) is 36.5 Å². The minimum Gasteiger partial charge on any atom is -0.477 e. The standard InChI is InChI=1S/C25H27FN4O3/c1-16(18-10-11-19(20(26)14-18)17-8-4-2-5-9-17)23-22(24(31)32)21(33-29-23)15-28-25(27)30-12-6-3-7-13-30/h2,4-5,8-11,14,16H,3,6-7,12-13,15H2,1H3,(H2,27,28)(H,31,32). The highest BCUT2D eigenvalue weighted by molar-refractivity contribution is 5.90. The number of hydrogen-bond acceptors (Lipinski definition) is 4. The van der Waals surface area contributed by atoms with E-state index in [2.05, 4.69) is 10.1 Å². The van der Waals surface area contributed by atoms with E-state index in [4.69, 9.17) is 10.3 Å². The molecule has 172 valence electrons. The summed E-state index contributed by atoms with van der Waals surface area (Å²) >= 11 is 0. The molecule has 0 aliphatic carbocycles. The lowest BCUT2D eigenvalue weighted by Gasteiger charge is -2.27. The van der Waals surface area contributed by atoms with E-state index in [1.807, 2.05) is 35.2 Å². The van der Waals surface area contributed by atoms with Crippen LogP contribution < -0.4 is 5.73 Å². The highest BCUT2D eigenvalue weighted by Gasteiger charge is 2.27. The Kier molecular flexibility index (Phi) is 6.72. The van der Waals surface area contributed by atoms with Crippen LogP contribution in [0.4, 0.5) is 4.39 Å². The molecule has 1 saturated heterocycles. The maximum atomic E-state index is 14.9. The molecule has 0 spiro atoms. The van der Waals surface area contributed by atoms with Gasteiger partial charge in [-0.15, -0.1) is 0 Å². The number of rotatable bonds is 6. The van der Waals surface area contributed by atoms with E-state index in [0.29, 0.717) is 17.1 Å². The first-order valence-electron chi connectivity index (χ1n) is 11.1. The average molecular weight is 451 g/mol. The predicted octanol–water partition coefficient (Wildman–Crippen LogP) is 4.63. The van der Waals surface area contributed by atoms with Crippen LogP contribution in [0.1, 0.15) is 59.5 Å². The first-order valence-corrected chi connectivity index (χ1v) is 11.1. The molecule has 1 aliphatic rings. The summed E-state index contributed by atoms with van der Waals surface area (Å²) in [6.45, 7) is 3.43. The van der Waals surface area contributed by atoms with Crippen LogP contribution in [0.15, 0.2) is 58.0 Å². The summed E-state index contributed by atoms with van der Waals surface area (Å²) in [5.74, 6) is -1.54. The van der Waals surface area contributed by atoms with Gasteiger partial charge in [0.2, 0.25) is 0 Å². The maximum absolute atomic E-state index is 14.9. The molecule has 7 nitrogen and oxygen atoms in total. The first kappa shape index (κ1) is 22.5. The Bertz CT molecular complexity index is 1150. The van der Waals surface area contributed by atoms with E-state index in [-0.39, 0.29) is 29.4 Å². The van der Waals surface area contributed by atoms with Gasteiger partial charge in [0.05, 0.1) is 0 Å². The monoisotopic (exact) mass is 450 g/mol. The zero-order valence-corrected chi connectivity index (χ0v) is 18.5. The molecule has 1 aromatic heterocycles. The quantitative estimate of drug-likeness (QED) is 0.419. The van der Waals surface area contributed by atoms with E-state index in [1.54, 1.807) is 19.1 Å². The summed E-state index contributed by atoms with van der Waals surface area (Å²) in [5.41, 5.74) is 8.12. The van der Waals surface area contributed by atoms with Crippen LogP contribution >= 0.6 is 0 Å². The molecule has 1 fully saturated rings. The van der Waals surface area contributed by atoms with Crippen molar-refractivity contribution in [3.8, 4) is 11.1 Å². The third-order valence-corrected chi connectivity index (χ3v) is 6.06. The number of hydrogen-bond donors (Lipinski definition) is 2. The number of aromatic nitrogens is 1. The molecule has 2 aromatic carbocycles. The summed E-state index contributed by atoms with van der Waals surface area (Å²) in [6.07, 6.45) is 3.28. The summed E-state index contributed by atoms with van der Waals surface area (Å²) in [7, 11) is 0. The van der Waals surface area contributed by atoms with Crippen LogP contribution in [0, 0.1) is 5.82 Å². The first-order chi connectivity index (χ1) is 16.0. The van der Waals surface area contributed by atoms with Gasteiger partial charge >= 0.3 is 5.97 Å².